The number of hydrogen-bond acceptors (Lipinski definition) is 6. The Morgan fingerprint density at radius 2 is 2.11 bits per heavy atom. The van der Waals surface area contributed by atoms with E-state index >= 15 is 0 Å². The number of primary amides is 1. The predicted octanol–water partition coefficient (Wildman–Crippen LogP) is 2.88. The number of nitrogens with two attached hydrogens (primary N) is 1. The van der Waals surface area contributed by atoms with Crippen molar-refractivity contribution in [1.82, 2.24) is 15.2 Å². The summed E-state index contributed by atoms with van der Waals surface area (Å²) in [7, 11) is 1.71. The number of amides is 2. The number of halogens is 1. The van der Waals surface area contributed by atoms with Crippen LogP contribution in [0.4, 0.5) is 4.39 Å². The molecular formula is C27H33FN4O3S. The molecule has 36 heavy (non-hydrogen) atoms. The molecule has 1 unspecified atom stereocenters. The van der Waals surface area contributed by atoms with Gasteiger partial charge in [0, 0.05) is 35.7 Å². The van der Waals surface area contributed by atoms with E-state index in [9.17, 15) is 19.1 Å². The Labute approximate surface area is 214 Å². The van der Waals surface area contributed by atoms with Gasteiger partial charge in [0.05, 0.1) is 18.1 Å². The van der Waals surface area contributed by atoms with Crippen molar-refractivity contribution in [1.29, 1.82) is 0 Å². The summed E-state index contributed by atoms with van der Waals surface area (Å²) < 4.78 is 13.6. The van der Waals surface area contributed by atoms with Crippen molar-refractivity contribution in [2.45, 2.75) is 51.3 Å². The molecule has 1 fully saturated rings. The maximum Gasteiger partial charge on any atom is 0.249 e. The number of rotatable bonds is 9. The van der Waals surface area contributed by atoms with E-state index in [2.05, 4.69) is 10.3 Å². The van der Waals surface area contributed by atoms with E-state index in [1.807, 2.05) is 12.3 Å². The van der Waals surface area contributed by atoms with Gasteiger partial charge in [-0.15, -0.1) is 11.3 Å². The molecular weight excluding hydrogens is 479 g/mol. The summed E-state index contributed by atoms with van der Waals surface area (Å²) in [6.07, 6.45) is 6.32. The Balaban J connectivity index is 1.63. The SMILES string of the molecule is Cc1csc(CN(C)C(=O)C2=CC=CC(C(N)=O)([C@H](Cc3ccc(F)cc3)[C@@H](O)[C@H]3CCCN3)C2)n1. The zero-order valence-corrected chi connectivity index (χ0v) is 21.4. The molecule has 4 N–H and O–H groups in total. The molecule has 4 rings (SSSR count). The Bertz CT molecular complexity index is 1160. The molecule has 9 heteroatoms. The van der Waals surface area contributed by atoms with Crippen LogP contribution in [-0.2, 0) is 22.6 Å². The molecule has 0 radical (unpaired) electrons. The Morgan fingerprint density at radius 3 is 2.72 bits per heavy atom. The molecule has 2 heterocycles. The average Bonchev–Trinajstić information content (AvgIpc) is 3.55. The fraction of sp³-hybridized carbons (Fsp3) is 0.444. The van der Waals surface area contributed by atoms with Crippen molar-refractivity contribution in [2.75, 3.05) is 13.6 Å². The summed E-state index contributed by atoms with van der Waals surface area (Å²) >= 11 is 1.49. The smallest absolute Gasteiger partial charge is 0.249 e. The highest BCUT2D eigenvalue weighted by Crippen LogP contribution is 2.44. The molecule has 1 aromatic carbocycles. The van der Waals surface area contributed by atoms with Crippen molar-refractivity contribution >= 4 is 23.2 Å². The first kappa shape index (κ1) is 26.2. The minimum absolute atomic E-state index is 0.0779. The number of allylic oxidation sites excluding steroid dienone is 2. The first-order chi connectivity index (χ1) is 17.2. The van der Waals surface area contributed by atoms with Gasteiger partial charge < -0.3 is 21.1 Å². The minimum atomic E-state index is -1.28. The summed E-state index contributed by atoms with van der Waals surface area (Å²) in [4.78, 5) is 32.5. The fourth-order valence-electron chi connectivity index (χ4n) is 5.28. The zero-order valence-electron chi connectivity index (χ0n) is 20.6. The number of likely N-dealkylation sites (N-methyl/N-ethyl adjacent to an activating group) is 1. The fourth-order valence-corrected chi connectivity index (χ4v) is 6.11. The van der Waals surface area contributed by atoms with Gasteiger partial charge in [-0.25, -0.2) is 9.37 Å². The molecule has 0 saturated carbocycles. The quantitative estimate of drug-likeness (QED) is 0.479. The van der Waals surface area contributed by atoms with E-state index < -0.39 is 23.3 Å². The summed E-state index contributed by atoms with van der Waals surface area (Å²) in [5.74, 6) is -1.79. The third-order valence-electron chi connectivity index (χ3n) is 7.25. The summed E-state index contributed by atoms with van der Waals surface area (Å²) in [6.45, 7) is 3.05. The number of carbonyl (C=O) groups is 2. The molecule has 2 aliphatic rings. The molecule has 2 aromatic rings. The maximum absolute atomic E-state index is 13.6. The third kappa shape index (κ3) is 5.58. The summed E-state index contributed by atoms with van der Waals surface area (Å²) in [5.41, 5.74) is 6.89. The zero-order chi connectivity index (χ0) is 25.9. The lowest BCUT2D eigenvalue weighted by Gasteiger charge is -2.42. The lowest BCUT2D eigenvalue weighted by Crippen LogP contribution is -2.53. The number of aliphatic hydroxyl groups excluding tert-OH is 1. The van der Waals surface area contributed by atoms with E-state index in [0.717, 1.165) is 35.7 Å². The van der Waals surface area contributed by atoms with E-state index in [-0.39, 0.29) is 24.2 Å². The molecule has 1 saturated heterocycles. The third-order valence-corrected chi connectivity index (χ3v) is 8.20. The second kappa shape index (κ2) is 11.0. The van der Waals surface area contributed by atoms with Crippen molar-refractivity contribution < 1.29 is 19.1 Å². The average molecular weight is 513 g/mol. The Kier molecular flexibility index (Phi) is 8.02. The van der Waals surface area contributed by atoms with Crippen LogP contribution in [0, 0.1) is 24.1 Å². The van der Waals surface area contributed by atoms with Crippen LogP contribution in [0.2, 0.25) is 0 Å². The van der Waals surface area contributed by atoms with Crippen LogP contribution in [-0.4, -0.2) is 52.5 Å². The Morgan fingerprint density at radius 1 is 1.36 bits per heavy atom. The standard InChI is InChI=1S/C27H33FN4O3S/c1-17-16-36-23(31-17)15-32(2)25(34)19-5-3-11-27(14-19,26(29)35)21(24(33)22-6-4-12-30-22)13-18-7-9-20(28)10-8-18/h3,5,7-11,16,21-22,24,30,33H,4,6,12-15H2,1-2H3,(H2,29,35)/t21-,22-,24-,27?/m1/s1. The molecule has 2 amide bonds. The van der Waals surface area contributed by atoms with Crippen molar-refractivity contribution in [2.24, 2.45) is 17.1 Å². The van der Waals surface area contributed by atoms with E-state index in [1.54, 1.807) is 42.3 Å². The largest absolute Gasteiger partial charge is 0.391 e. The lowest BCUT2D eigenvalue weighted by molar-refractivity contribution is -0.132. The van der Waals surface area contributed by atoms with Crippen LogP contribution < -0.4 is 11.1 Å². The molecule has 1 aliphatic carbocycles. The molecule has 0 bridgehead atoms. The van der Waals surface area contributed by atoms with Crippen LogP contribution >= 0.6 is 11.3 Å². The first-order valence-corrected chi connectivity index (χ1v) is 13.1. The maximum atomic E-state index is 13.6. The van der Waals surface area contributed by atoms with Crippen LogP contribution in [0.15, 0.2) is 53.4 Å². The number of aromatic nitrogens is 1. The molecule has 7 nitrogen and oxygen atoms in total. The van der Waals surface area contributed by atoms with Crippen LogP contribution in [0.5, 0.6) is 0 Å². The van der Waals surface area contributed by atoms with Crippen LogP contribution in [0.3, 0.4) is 0 Å². The van der Waals surface area contributed by atoms with Gasteiger partial charge in [-0.3, -0.25) is 9.59 Å². The van der Waals surface area contributed by atoms with Crippen molar-refractivity contribution in [3.63, 3.8) is 0 Å². The van der Waals surface area contributed by atoms with Gasteiger partial charge in [0.15, 0.2) is 0 Å². The van der Waals surface area contributed by atoms with Crippen LogP contribution in [0.25, 0.3) is 0 Å². The predicted molar refractivity (Wildman–Crippen MR) is 137 cm³/mol. The van der Waals surface area contributed by atoms with Crippen molar-refractivity contribution in [3.8, 4) is 0 Å². The number of aryl methyl sites for hydroxylation is 1. The van der Waals surface area contributed by atoms with E-state index in [4.69, 9.17) is 5.73 Å². The summed E-state index contributed by atoms with van der Waals surface area (Å²) in [5, 5.41) is 17.6. The lowest BCUT2D eigenvalue weighted by atomic mass is 9.63. The monoisotopic (exact) mass is 512 g/mol. The number of nitrogens with zero attached hydrogens (tertiary/aromatic N) is 2. The molecule has 4 atom stereocenters. The van der Waals surface area contributed by atoms with Gasteiger partial charge in [-0.05, 0) is 56.8 Å². The van der Waals surface area contributed by atoms with Gasteiger partial charge in [0.1, 0.15) is 10.8 Å². The highest BCUT2D eigenvalue weighted by Gasteiger charge is 2.49. The number of nitrogens with one attached hydrogen (secondary N) is 1. The second-order valence-electron chi connectivity index (χ2n) is 9.81. The van der Waals surface area contributed by atoms with Gasteiger partial charge in [0.25, 0.3) is 0 Å². The van der Waals surface area contributed by atoms with Gasteiger partial charge in [-0.2, -0.15) is 0 Å². The van der Waals surface area contributed by atoms with E-state index in [1.165, 1.54) is 23.5 Å². The second-order valence-corrected chi connectivity index (χ2v) is 10.7. The normalized spacial score (nSPS) is 23.2. The highest BCUT2D eigenvalue weighted by atomic mass is 32.1. The number of hydrogen-bond donors (Lipinski definition) is 3. The van der Waals surface area contributed by atoms with Crippen molar-refractivity contribution in [3.05, 3.63) is 75.5 Å². The first-order valence-electron chi connectivity index (χ1n) is 12.2. The molecule has 1 aliphatic heterocycles. The number of benzene rings is 1. The number of thiazole rings is 1. The molecule has 192 valence electrons. The minimum Gasteiger partial charge on any atom is -0.391 e. The molecule has 1 aromatic heterocycles. The number of carbonyl (C=O) groups excluding carboxylic acids is 2. The van der Waals surface area contributed by atoms with Gasteiger partial charge >= 0.3 is 0 Å². The topological polar surface area (TPSA) is 109 Å². The summed E-state index contributed by atoms with van der Waals surface area (Å²) in [6, 6.07) is 5.85. The van der Waals surface area contributed by atoms with Crippen LogP contribution in [0.1, 0.15) is 35.5 Å². The Hall–Kier alpha value is -2.88. The van der Waals surface area contributed by atoms with E-state index in [0.29, 0.717) is 18.5 Å². The molecule has 0 spiro atoms. The van der Waals surface area contributed by atoms with Gasteiger partial charge in [0.2, 0.25) is 11.8 Å². The highest BCUT2D eigenvalue weighted by molar-refractivity contribution is 7.09. The van der Waals surface area contributed by atoms with Gasteiger partial charge in [-0.1, -0.05) is 30.4 Å². The number of aliphatic hydroxyl groups is 1.